The van der Waals surface area contributed by atoms with Gasteiger partial charge in [-0.15, -0.1) is 0 Å². The number of anilines is 1. The van der Waals surface area contributed by atoms with Crippen molar-refractivity contribution in [2.24, 2.45) is 0 Å². The molecular weight excluding hydrogens is 429 g/mol. The molecule has 9 heteroatoms. The molecule has 168 valence electrons. The second kappa shape index (κ2) is 9.39. The highest BCUT2D eigenvalue weighted by Gasteiger charge is 2.21. The molecule has 0 atom stereocenters. The zero-order valence-corrected chi connectivity index (χ0v) is 18.1. The van der Waals surface area contributed by atoms with E-state index in [1.54, 1.807) is 48.5 Å². The molecule has 0 bridgehead atoms. The van der Waals surface area contributed by atoms with Gasteiger partial charge in [-0.1, -0.05) is 29.4 Å². The number of amides is 1. The smallest absolute Gasteiger partial charge is 0.259 e. The Morgan fingerprint density at radius 2 is 1.61 bits per heavy atom. The zero-order valence-electron chi connectivity index (χ0n) is 18.1. The van der Waals surface area contributed by atoms with Crippen molar-refractivity contribution in [3.8, 4) is 40.1 Å². The molecule has 0 saturated heterocycles. The molecule has 0 radical (unpaired) electrons. The third kappa shape index (κ3) is 4.33. The Morgan fingerprint density at radius 3 is 2.27 bits per heavy atom. The van der Waals surface area contributed by atoms with Gasteiger partial charge in [0.1, 0.15) is 5.82 Å². The fraction of sp³-hybridized carbons (Fsp3) is 0.125. The number of methoxy groups -OCH3 is 3. The van der Waals surface area contributed by atoms with Crippen LogP contribution in [0.5, 0.6) is 17.2 Å². The SMILES string of the molecule is COc1cc(-c2noc(-c3ccccc3C(=O)Nc3ccccc3F)n2)cc(OC)c1OC. The van der Waals surface area contributed by atoms with E-state index in [0.29, 0.717) is 28.4 Å². The summed E-state index contributed by atoms with van der Waals surface area (Å²) in [6, 6.07) is 16.0. The molecule has 1 aromatic heterocycles. The zero-order chi connectivity index (χ0) is 23.4. The van der Waals surface area contributed by atoms with Crippen LogP contribution in [-0.2, 0) is 0 Å². The molecule has 1 N–H and O–H groups in total. The maximum Gasteiger partial charge on any atom is 0.259 e. The van der Waals surface area contributed by atoms with Crippen LogP contribution in [0.1, 0.15) is 10.4 Å². The first-order valence-electron chi connectivity index (χ1n) is 9.85. The fourth-order valence-corrected chi connectivity index (χ4v) is 3.28. The lowest BCUT2D eigenvalue weighted by Crippen LogP contribution is -2.14. The molecule has 8 nitrogen and oxygen atoms in total. The number of carbonyl (C=O) groups excluding carboxylic acids is 1. The minimum Gasteiger partial charge on any atom is -0.493 e. The molecule has 3 aromatic carbocycles. The Kier molecular flexibility index (Phi) is 6.21. The van der Waals surface area contributed by atoms with E-state index in [1.807, 2.05) is 0 Å². The number of carbonyl (C=O) groups is 1. The van der Waals surface area contributed by atoms with E-state index < -0.39 is 11.7 Å². The molecule has 4 aromatic rings. The van der Waals surface area contributed by atoms with Gasteiger partial charge in [0.05, 0.1) is 38.1 Å². The van der Waals surface area contributed by atoms with E-state index >= 15 is 0 Å². The molecule has 1 amide bonds. The van der Waals surface area contributed by atoms with Gasteiger partial charge < -0.3 is 24.1 Å². The average Bonchev–Trinajstić information content (AvgIpc) is 3.34. The summed E-state index contributed by atoms with van der Waals surface area (Å²) in [4.78, 5) is 17.3. The summed E-state index contributed by atoms with van der Waals surface area (Å²) in [5.41, 5.74) is 1.28. The van der Waals surface area contributed by atoms with Crippen LogP contribution in [0.2, 0.25) is 0 Å². The fourth-order valence-electron chi connectivity index (χ4n) is 3.28. The highest BCUT2D eigenvalue weighted by Crippen LogP contribution is 2.41. The van der Waals surface area contributed by atoms with E-state index in [2.05, 4.69) is 15.5 Å². The molecule has 4 rings (SSSR count). The lowest BCUT2D eigenvalue weighted by Gasteiger charge is -2.12. The van der Waals surface area contributed by atoms with Crippen LogP contribution in [0, 0.1) is 5.82 Å². The summed E-state index contributed by atoms with van der Waals surface area (Å²) >= 11 is 0. The molecule has 33 heavy (non-hydrogen) atoms. The summed E-state index contributed by atoms with van der Waals surface area (Å²) in [5.74, 6) is 0.633. The van der Waals surface area contributed by atoms with Gasteiger partial charge in [0.25, 0.3) is 11.8 Å². The maximum absolute atomic E-state index is 14.0. The number of halogens is 1. The van der Waals surface area contributed by atoms with Crippen molar-refractivity contribution in [2.75, 3.05) is 26.6 Å². The number of hydrogen-bond donors (Lipinski definition) is 1. The number of nitrogens with zero attached hydrogens (tertiary/aromatic N) is 2. The Morgan fingerprint density at radius 1 is 0.939 bits per heavy atom. The molecule has 0 unspecified atom stereocenters. The molecule has 0 fully saturated rings. The number of aromatic nitrogens is 2. The number of para-hydroxylation sites is 1. The summed E-state index contributed by atoms with van der Waals surface area (Å²) in [5, 5.41) is 6.61. The molecule has 0 saturated carbocycles. The van der Waals surface area contributed by atoms with Crippen LogP contribution in [0.3, 0.4) is 0 Å². The van der Waals surface area contributed by atoms with Crippen LogP contribution in [0.25, 0.3) is 22.8 Å². The molecule has 0 spiro atoms. The monoisotopic (exact) mass is 449 g/mol. The number of rotatable bonds is 7. The minimum atomic E-state index is -0.536. The van der Waals surface area contributed by atoms with Crippen LogP contribution in [0.4, 0.5) is 10.1 Å². The van der Waals surface area contributed by atoms with Gasteiger partial charge in [0.2, 0.25) is 11.6 Å². The van der Waals surface area contributed by atoms with Gasteiger partial charge in [-0.3, -0.25) is 4.79 Å². The second-order valence-corrected chi connectivity index (χ2v) is 6.82. The molecular formula is C24H20FN3O5. The normalized spacial score (nSPS) is 10.5. The predicted molar refractivity (Wildman–Crippen MR) is 119 cm³/mol. The van der Waals surface area contributed by atoms with Crippen molar-refractivity contribution in [1.29, 1.82) is 0 Å². The standard InChI is InChI=1S/C24H20FN3O5/c1-30-19-12-14(13-20(31-2)21(19)32-3)22-27-24(33-28-22)16-9-5-4-8-15(16)23(29)26-18-11-7-6-10-17(18)25/h4-13H,1-3H3,(H,26,29). The van der Waals surface area contributed by atoms with Crippen molar-refractivity contribution in [1.82, 2.24) is 10.1 Å². The number of nitrogens with one attached hydrogen (secondary N) is 1. The van der Waals surface area contributed by atoms with Crippen molar-refractivity contribution in [2.45, 2.75) is 0 Å². The predicted octanol–water partition coefficient (Wildman–Crippen LogP) is 4.82. The van der Waals surface area contributed by atoms with E-state index in [9.17, 15) is 9.18 Å². The summed E-state index contributed by atoms with van der Waals surface area (Å²) < 4.78 is 35.5. The van der Waals surface area contributed by atoms with Gasteiger partial charge in [-0.25, -0.2) is 4.39 Å². The van der Waals surface area contributed by atoms with Gasteiger partial charge >= 0.3 is 0 Å². The molecule has 0 aliphatic heterocycles. The Hall–Kier alpha value is -4.40. The van der Waals surface area contributed by atoms with Crippen molar-refractivity contribution in [3.05, 3.63) is 72.0 Å². The largest absolute Gasteiger partial charge is 0.493 e. The summed E-state index contributed by atoms with van der Waals surface area (Å²) in [7, 11) is 4.52. The van der Waals surface area contributed by atoms with Gasteiger partial charge in [0.15, 0.2) is 11.5 Å². The first-order valence-corrected chi connectivity index (χ1v) is 9.85. The number of ether oxygens (including phenoxy) is 3. The Bertz CT molecular complexity index is 1280. The summed E-state index contributed by atoms with van der Waals surface area (Å²) in [6.07, 6.45) is 0. The lowest BCUT2D eigenvalue weighted by molar-refractivity contribution is 0.102. The average molecular weight is 449 g/mol. The quantitative estimate of drug-likeness (QED) is 0.432. The van der Waals surface area contributed by atoms with Crippen molar-refractivity contribution < 1.29 is 27.9 Å². The summed E-state index contributed by atoms with van der Waals surface area (Å²) in [6.45, 7) is 0. The Balaban J connectivity index is 1.69. The number of hydrogen-bond acceptors (Lipinski definition) is 7. The third-order valence-electron chi connectivity index (χ3n) is 4.87. The van der Waals surface area contributed by atoms with Gasteiger partial charge in [0, 0.05) is 5.56 Å². The van der Waals surface area contributed by atoms with Crippen molar-refractivity contribution in [3.63, 3.8) is 0 Å². The van der Waals surface area contributed by atoms with Gasteiger partial charge in [-0.05, 0) is 36.4 Å². The maximum atomic E-state index is 14.0. The van der Waals surface area contributed by atoms with Gasteiger partial charge in [-0.2, -0.15) is 4.98 Å². The van der Waals surface area contributed by atoms with Crippen LogP contribution in [0.15, 0.2) is 65.2 Å². The molecule has 1 heterocycles. The molecule has 0 aliphatic carbocycles. The first kappa shape index (κ1) is 21.8. The van der Waals surface area contributed by atoms with E-state index in [1.165, 1.54) is 33.5 Å². The topological polar surface area (TPSA) is 95.7 Å². The van der Waals surface area contributed by atoms with Crippen molar-refractivity contribution >= 4 is 11.6 Å². The van der Waals surface area contributed by atoms with E-state index in [0.717, 1.165) is 0 Å². The van der Waals surface area contributed by atoms with Crippen LogP contribution < -0.4 is 19.5 Å². The number of benzene rings is 3. The lowest BCUT2D eigenvalue weighted by atomic mass is 10.1. The highest BCUT2D eigenvalue weighted by molar-refractivity contribution is 6.08. The second-order valence-electron chi connectivity index (χ2n) is 6.82. The molecule has 0 aliphatic rings. The van der Waals surface area contributed by atoms with E-state index in [4.69, 9.17) is 18.7 Å². The third-order valence-corrected chi connectivity index (χ3v) is 4.87. The van der Waals surface area contributed by atoms with Crippen LogP contribution in [-0.4, -0.2) is 37.4 Å². The highest BCUT2D eigenvalue weighted by atomic mass is 19.1. The van der Waals surface area contributed by atoms with E-state index in [-0.39, 0.29) is 23.0 Å². The first-order chi connectivity index (χ1) is 16.0. The van der Waals surface area contributed by atoms with Crippen LogP contribution >= 0.6 is 0 Å². The minimum absolute atomic E-state index is 0.0703. The Labute approximate surface area is 188 Å².